The van der Waals surface area contributed by atoms with Gasteiger partial charge in [-0.25, -0.2) is 0 Å². The highest BCUT2D eigenvalue weighted by Gasteiger charge is 2.29. The van der Waals surface area contributed by atoms with Crippen LogP contribution < -0.4 is 5.32 Å². The Morgan fingerprint density at radius 3 is 2.42 bits per heavy atom. The highest BCUT2D eigenvalue weighted by atomic mass is 16.5. The molecule has 19 heavy (non-hydrogen) atoms. The molecule has 0 aromatic rings. The summed E-state index contributed by atoms with van der Waals surface area (Å²) in [5.74, 6) is 0. The Kier molecular flexibility index (Phi) is 7.96. The van der Waals surface area contributed by atoms with E-state index in [0.717, 1.165) is 32.8 Å². The lowest BCUT2D eigenvalue weighted by atomic mass is 9.81. The summed E-state index contributed by atoms with van der Waals surface area (Å²) in [5.41, 5.74) is 0.421. The molecule has 114 valence electrons. The van der Waals surface area contributed by atoms with Crippen molar-refractivity contribution < 1.29 is 4.74 Å². The first kappa shape index (κ1) is 16.9. The van der Waals surface area contributed by atoms with E-state index in [4.69, 9.17) is 4.74 Å². The predicted octanol–water partition coefficient (Wildman–Crippen LogP) is 2.90. The second-order valence-electron chi connectivity index (χ2n) is 5.95. The first-order valence-electron chi connectivity index (χ1n) is 8.24. The predicted molar refractivity (Wildman–Crippen MR) is 82.6 cm³/mol. The number of hydrogen-bond acceptors (Lipinski definition) is 3. The SMILES string of the molecule is CCNCC(CC)(CC)CN(CC)CC1CCCO1. The summed E-state index contributed by atoms with van der Waals surface area (Å²) in [4.78, 5) is 2.60. The Morgan fingerprint density at radius 2 is 1.95 bits per heavy atom. The molecule has 1 atom stereocenters. The van der Waals surface area contributed by atoms with Crippen LogP contribution in [0.2, 0.25) is 0 Å². The molecule has 1 rings (SSSR count). The average Bonchev–Trinajstić information content (AvgIpc) is 2.95. The third-order valence-corrected chi connectivity index (χ3v) is 4.74. The smallest absolute Gasteiger partial charge is 0.0702 e. The van der Waals surface area contributed by atoms with Crippen LogP contribution in [-0.2, 0) is 4.74 Å². The lowest BCUT2D eigenvalue weighted by Gasteiger charge is -2.38. The number of ether oxygens (including phenoxy) is 1. The molecule has 0 aromatic carbocycles. The fraction of sp³-hybridized carbons (Fsp3) is 1.00. The maximum Gasteiger partial charge on any atom is 0.0702 e. The molecule has 0 aromatic heterocycles. The van der Waals surface area contributed by atoms with E-state index in [9.17, 15) is 0 Å². The van der Waals surface area contributed by atoms with Crippen molar-refractivity contribution in [3.63, 3.8) is 0 Å². The molecule has 0 radical (unpaired) electrons. The summed E-state index contributed by atoms with van der Waals surface area (Å²) in [5, 5.41) is 3.56. The molecule has 3 heteroatoms. The Hall–Kier alpha value is -0.120. The lowest BCUT2D eigenvalue weighted by molar-refractivity contribution is 0.0531. The van der Waals surface area contributed by atoms with Gasteiger partial charge in [0.05, 0.1) is 6.10 Å². The van der Waals surface area contributed by atoms with Gasteiger partial charge in [-0.1, -0.05) is 27.7 Å². The van der Waals surface area contributed by atoms with Crippen molar-refractivity contribution >= 4 is 0 Å². The van der Waals surface area contributed by atoms with Crippen molar-refractivity contribution in [2.45, 2.75) is 59.5 Å². The molecule has 0 aliphatic carbocycles. The molecule has 0 bridgehead atoms. The van der Waals surface area contributed by atoms with Crippen molar-refractivity contribution in [2.75, 3.05) is 39.3 Å². The molecular formula is C16H34N2O. The highest BCUT2D eigenvalue weighted by molar-refractivity contribution is 4.84. The van der Waals surface area contributed by atoms with Crippen LogP contribution >= 0.6 is 0 Å². The van der Waals surface area contributed by atoms with Crippen LogP contribution in [0.25, 0.3) is 0 Å². The molecule has 1 fully saturated rings. The number of hydrogen-bond donors (Lipinski definition) is 1. The van der Waals surface area contributed by atoms with E-state index in [1.165, 1.54) is 32.2 Å². The van der Waals surface area contributed by atoms with Crippen molar-refractivity contribution in [1.82, 2.24) is 10.2 Å². The minimum Gasteiger partial charge on any atom is -0.377 e. The third kappa shape index (κ3) is 5.41. The van der Waals surface area contributed by atoms with Gasteiger partial charge >= 0.3 is 0 Å². The highest BCUT2D eigenvalue weighted by Crippen LogP contribution is 2.27. The number of likely N-dealkylation sites (N-methyl/N-ethyl adjacent to an activating group) is 1. The monoisotopic (exact) mass is 270 g/mol. The maximum atomic E-state index is 5.79. The van der Waals surface area contributed by atoms with Crippen molar-refractivity contribution in [2.24, 2.45) is 5.41 Å². The Bertz CT molecular complexity index is 223. The minimum atomic E-state index is 0.421. The van der Waals surface area contributed by atoms with Crippen molar-refractivity contribution in [1.29, 1.82) is 0 Å². The second-order valence-corrected chi connectivity index (χ2v) is 5.95. The molecule has 0 spiro atoms. The first-order valence-corrected chi connectivity index (χ1v) is 8.24. The molecule has 0 saturated carbocycles. The van der Waals surface area contributed by atoms with E-state index in [1.807, 2.05) is 0 Å². The molecule has 3 nitrogen and oxygen atoms in total. The van der Waals surface area contributed by atoms with Crippen LogP contribution in [0.5, 0.6) is 0 Å². The summed E-state index contributed by atoms with van der Waals surface area (Å²) in [6.45, 7) is 15.8. The summed E-state index contributed by atoms with van der Waals surface area (Å²) in [7, 11) is 0. The fourth-order valence-electron chi connectivity index (χ4n) is 3.03. The van der Waals surface area contributed by atoms with Crippen LogP contribution in [0.1, 0.15) is 53.4 Å². The number of nitrogens with one attached hydrogen (secondary N) is 1. The van der Waals surface area contributed by atoms with Gasteiger partial charge in [-0.15, -0.1) is 0 Å². The summed E-state index contributed by atoms with van der Waals surface area (Å²) in [6.07, 6.45) is 5.46. The molecule has 1 N–H and O–H groups in total. The van der Waals surface area contributed by atoms with Crippen molar-refractivity contribution in [3.8, 4) is 0 Å². The molecule has 1 saturated heterocycles. The van der Waals surface area contributed by atoms with E-state index in [-0.39, 0.29) is 0 Å². The van der Waals surface area contributed by atoms with E-state index in [0.29, 0.717) is 11.5 Å². The Labute approximate surface area is 120 Å². The molecule has 1 aliphatic rings. The fourth-order valence-corrected chi connectivity index (χ4v) is 3.03. The van der Waals surface area contributed by atoms with Gasteiger partial charge in [0.25, 0.3) is 0 Å². The van der Waals surface area contributed by atoms with Gasteiger partial charge in [0, 0.05) is 26.2 Å². The van der Waals surface area contributed by atoms with Gasteiger partial charge in [0.1, 0.15) is 0 Å². The Morgan fingerprint density at radius 1 is 1.21 bits per heavy atom. The van der Waals surface area contributed by atoms with Gasteiger partial charge in [0.15, 0.2) is 0 Å². The molecule has 0 amide bonds. The van der Waals surface area contributed by atoms with E-state index in [2.05, 4.69) is 37.9 Å². The Balaban J connectivity index is 2.52. The normalized spacial score (nSPS) is 20.4. The van der Waals surface area contributed by atoms with Crippen molar-refractivity contribution in [3.05, 3.63) is 0 Å². The van der Waals surface area contributed by atoms with E-state index in [1.54, 1.807) is 0 Å². The van der Waals surface area contributed by atoms with Crippen LogP contribution in [0.15, 0.2) is 0 Å². The second kappa shape index (κ2) is 8.93. The largest absolute Gasteiger partial charge is 0.377 e. The molecule has 1 unspecified atom stereocenters. The van der Waals surface area contributed by atoms with Gasteiger partial charge in [-0.05, 0) is 44.2 Å². The minimum absolute atomic E-state index is 0.421. The van der Waals surface area contributed by atoms with Crippen LogP contribution in [0.3, 0.4) is 0 Å². The number of rotatable bonds is 10. The molecular weight excluding hydrogens is 236 g/mol. The van der Waals surface area contributed by atoms with Crippen LogP contribution in [0.4, 0.5) is 0 Å². The average molecular weight is 270 g/mol. The zero-order chi connectivity index (χ0) is 14.1. The lowest BCUT2D eigenvalue weighted by Crippen LogP contribution is -2.45. The van der Waals surface area contributed by atoms with Crippen LogP contribution in [0, 0.1) is 5.41 Å². The van der Waals surface area contributed by atoms with Gasteiger partial charge < -0.3 is 15.0 Å². The third-order valence-electron chi connectivity index (χ3n) is 4.74. The summed E-state index contributed by atoms with van der Waals surface area (Å²) >= 11 is 0. The summed E-state index contributed by atoms with van der Waals surface area (Å²) in [6, 6.07) is 0. The van der Waals surface area contributed by atoms with E-state index < -0.39 is 0 Å². The standard InChI is InChI=1S/C16H34N2O/c1-5-16(6-2,13-17-7-3)14-18(8-4)12-15-10-9-11-19-15/h15,17H,5-14H2,1-4H3. The maximum absolute atomic E-state index is 5.79. The van der Waals surface area contributed by atoms with Gasteiger partial charge in [-0.3, -0.25) is 0 Å². The summed E-state index contributed by atoms with van der Waals surface area (Å²) < 4.78 is 5.79. The quantitative estimate of drug-likeness (QED) is 0.660. The van der Waals surface area contributed by atoms with Crippen LogP contribution in [-0.4, -0.2) is 50.3 Å². The number of nitrogens with zero attached hydrogens (tertiary/aromatic N) is 1. The topological polar surface area (TPSA) is 24.5 Å². The van der Waals surface area contributed by atoms with E-state index >= 15 is 0 Å². The molecule has 1 aliphatic heterocycles. The zero-order valence-electron chi connectivity index (χ0n) is 13.5. The van der Waals surface area contributed by atoms with Gasteiger partial charge in [-0.2, -0.15) is 0 Å². The zero-order valence-corrected chi connectivity index (χ0v) is 13.5. The van der Waals surface area contributed by atoms with Gasteiger partial charge in [0.2, 0.25) is 0 Å². The first-order chi connectivity index (χ1) is 9.19. The molecule has 1 heterocycles.